The molecule has 2 aromatic rings. The number of alkyl halides is 2. The lowest BCUT2D eigenvalue weighted by atomic mass is 9.94. The third-order valence-electron chi connectivity index (χ3n) is 5.93. The molecule has 4 rings (SSSR count). The van der Waals surface area contributed by atoms with Gasteiger partial charge < -0.3 is 10.0 Å². The number of nitrogens with one attached hydrogen (secondary N) is 1. The molecule has 1 aliphatic carbocycles. The number of nitrogens with zero attached hydrogens (tertiary/aromatic N) is 2. The van der Waals surface area contributed by atoms with Crippen molar-refractivity contribution in [2.24, 2.45) is 5.92 Å². The molecule has 28 heavy (non-hydrogen) atoms. The van der Waals surface area contributed by atoms with Gasteiger partial charge in [0.2, 0.25) is 0 Å². The summed E-state index contributed by atoms with van der Waals surface area (Å²) in [6.45, 7) is 3.91. The predicted molar refractivity (Wildman–Crippen MR) is 98.8 cm³/mol. The van der Waals surface area contributed by atoms with Gasteiger partial charge >= 0.3 is 5.69 Å². The van der Waals surface area contributed by atoms with Crippen LogP contribution in [0.4, 0.5) is 18.9 Å². The number of aryl methyl sites for hydroxylation is 1. The Morgan fingerprint density at radius 3 is 2.46 bits per heavy atom. The van der Waals surface area contributed by atoms with Gasteiger partial charge in [-0.1, -0.05) is 6.92 Å². The molecule has 1 aromatic carbocycles. The maximum absolute atomic E-state index is 15.3. The minimum absolute atomic E-state index is 0.0159. The summed E-state index contributed by atoms with van der Waals surface area (Å²) in [5.74, 6) is -1.14. The molecule has 0 spiro atoms. The zero-order chi connectivity index (χ0) is 20.3. The van der Waals surface area contributed by atoms with Crippen LogP contribution in [0.2, 0.25) is 0 Å². The Bertz CT molecular complexity index is 1060. The highest BCUT2D eigenvalue weighted by atomic mass is 19.3. The number of rotatable bonds is 3. The van der Waals surface area contributed by atoms with Crippen LogP contribution in [0, 0.1) is 18.7 Å². The van der Waals surface area contributed by atoms with E-state index in [0.717, 1.165) is 0 Å². The summed E-state index contributed by atoms with van der Waals surface area (Å²) in [4.78, 5) is 28.4. The molecule has 0 amide bonds. The summed E-state index contributed by atoms with van der Waals surface area (Å²) in [5.41, 5.74) is -2.39. The SMILES string of the molecule is Cc1c(N2CCC(C)C(O)C2)c(F)c(C(F)F)c2c(=O)[nH]c(=O)n(C3CC3)c12. The Kier molecular flexibility index (Phi) is 4.52. The molecule has 1 saturated carbocycles. The molecule has 2 N–H and O–H groups in total. The van der Waals surface area contributed by atoms with E-state index in [-0.39, 0.29) is 35.3 Å². The Morgan fingerprint density at radius 1 is 1.21 bits per heavy atom. The largest absolute Gasteiger partial charge is 0.391 e. The van der Waals surface area contributed by atoms with Crippen molar-refractivity contribution in [3.8, 4) is 0 Å². The zero-order valence-corrected chi connectivity index (χ0v) is 15.6. The van der Waals surface area contributed by atoms with E-state index in [2.05, 4.69) is 4.98 Å². The van der Waals surface area contributed by atoms with Crippen molar-refractivity contribution >= 4 is 16.6 Å². The molecule has 1 aromatic heterocycles. The van der Waals surface area contributed by atoms with Crippen LogP contribution in [0.15, 0.2) is 9.59 Å². The second kappa shape index (κ2) is 6.65. The lowest BCUT2D eigenvalue weighted by Gasteiger charge is -2.37. The first-order valence-electron chi connectivity index (χ1n) is 9.44. The molecule has 6 nitrogen and oxygen atoms in total. The van der Waals surface area contributed by atoms with Crippen molar-refractivity contribution in [2.75, 3.05) is 18.0 Å². The van der Waals surface area contributed by atoms with Crippen LogP contribution >= 0.6 is 0 Å². The van der Waals surface area contributed by atoms with E-state index in [9.17, 15) is 23.5 Å². The van der Waals surface area contributed by atoms with E-state index in [0.29, 0.717) is 25.8 Å². The fourth-order valence-corrected chi connectivity index (χ4v) is 4.20. The molecular weight excluding hydrogens is 375 g/mol. The normalized spacial score (nSPS) is 23.0. The molecule has 0 bridgehead atoms. The Labute approximate surface area is 158 Å². The highest BCUT2D eigenvalue weighted by Gasteiger charge is 2.35. The minimum atomic E-state index is -3.22. The van der Waals surface area contributed by atoms with E-state index in [1.807, 2.05) is 6.92 Å². The quantitative estimate of drug-likeness (QED) is 0.835. The third kappa shape index (κ3) is 2.83. The summed E-state index contributed by atoms with van der Waals surface area (Å²) in [7, 11) is 0. The van der Waals surface area contributed by atoms with Crippen molar-refractivity contribution < 1.29 is 18.3 Å². The average molecular weight is 397 g/mol. The summed E-state index contributed by atoms with van der Waals surface area (Å²) >= 11 is 0. The number of hydrogen-bond donors (Lipinski definition) is 2. The van der Waals surface area contributed by atoms with Crippen LogP contribution in [-0.2, 0) is 0 Å². The van der Waals surface area contributed by atoms with Crippen LogP contribution in [-0.4, -0.2) is 33.9 Å². The number of aliphatic hydroxyl groups excluding tert-OH is 1. The lowest BCUT2D eigenvalue weighted by Crippen LogP contribution is -2.44. The number of anilines is 1. The molecule has 2 fully saturated rings. The number of halogens is 3. The molecular formula is C19H22F3N3O3. The van der Waals surface area contributed by atoms with Gasteiger partial charge in [0.25, 0.3) is 12.0 Å². The number of H-pyrrole nitrogens is 1. The number of fused-ring (bicyclic) bond motifs is 1. The van der Waals surface area contributed by atoms with Gasteiger partial charge in [-0.2, -0.15) is 0 Å². The number of aliphatic hydroxyl groups is 1. The summed E-state index contributed by atoms with van der Waals surface area (Å²) < 4.78 is 44.3. The summed E-state index contributed by atoms with van der Waals surface area (Å²) in [5, 5.41) is 9.74. The molecule has 2 unspecified atom stereocenters. The number of benzene rings is 1. The molecule has 9 heteroatoms. The van der Waals surface area contributed by atoms with Gasteiger partial charge in [0.15, 0.2) is 5.82 Å². The van der Waals surface area contributed by atoms with Gasteiger partial charge in [0.05, 0.1) is 28.3 Å². The van der Waals surface area contributed by atoms with Gasteiger partial charge in [-0.25, -0.2) is 18.0 Å². The highest BCUT2D eigenvalue weighted by molar-refractivity contribution is 5.90. The Morgan fingerprint density at radius 2 is 1.89 bits per heavy atom. The molecule has 0 radical (unpaired) electrons. The second-order valence-electron chi connectivity index (χ2n) is 7.87. The van der Waals surface area contributed by atoms with Crippen molar-refractivity contribution in [3.05, 3.63) is 37.8 Å². The smallest absolute Gasteiger partial charge is 0.329 e. The monoisotopic (exact) mass is 397 g/mol. The van der Waals surface area contributed by atoms with E-state index in [1.165, 1.54) is 11.5 Å². The lowest BCUT2D eigenvalue weighted by molar-refractivity contribution is 0.102. The van der Waals surface area contributed by atoms with E-state index < -0.39 is 40.5 Å². The standard InChI is InChI=1S/C19H22F3N3O3/c1-8-5-6-24(7-11(8)26)16-9(2)15-13(12(14(16)20)17(21)22)18(27)23-19(28)25(15)10-3-4-10/h8,10-11,17,26H,3-7H2,1-2H3,(H,23,27,28). The maximum Gasteiger partial charge on any atom is 0.329 e. The fraction of sp³-hybridized carbons (Fsp3) is 0.579. The maximum atomic E-state index is 15.3. The molecule has 2 heterocycles. The highest BCUT2D eigenvalue weighted by Crippen LogP contribution is 2.42. The van der Waals surface area contributed by atoms with Gasteiger partial charge in [0.1, 0.15) is 0 Å². The van der Waals surface area contributed by atoms with Crippen molar-refractivity contribution in [2.45, 2.75) is 51.7 Å². The number of aromatic nitrogens is 2. The number of piperidine rings is 1. The van der Waals surface area contributed by atoms with Crippen LogP contribution in [0.1, 0.15) is 49.8 Å². The number of aromatic amines is 1. The van der Waals surface area contributed by atoms with Gasteiger partial charge in [0, 0.05) is 24.7 Å². The van der Waals surface area contributed by atoms with Gasteiger partial charge in [-0.3, -0.25) is 14.3 Å². The number of hydrogen-bond acceptors (Lipinski definition) is 4. The zero-order valence-electron chi connectivity index (χ0n) is 15.6. The fourth-order valence-electron chi connectivity index (χ4n) is 4.20. The minimum Gasteiger partial charge on any atom is -0.391 e. The van der Waals surface area contributed by atoms with Crippen molar-refractivity contribution in [1.82, 2.24) is 9.55 Å². The topological polar surface area (TPSA) is 78.3 Å². The van der Waals surface area contributed by atoms with Crippen LogP contribution in [0.3, 0.4) is 0 Å². The molecule has 1 saturated heterocycles. The van der Waals surface area contributed by atoms with E-state index in [4.69, 9.17) is 0 Å². The third-order valence-corrected chi connectivity index (χ3v) is 5.93. The first-order chi connectivity index (χ1) is 13.2. The molecule has 1 aliphatic heterocycles. The van der Waals surface area contributed by atoms with Crippen LogP contribution < -0.4 is 16.1 Å². The molecule has 2 atom stereocenters. The first-order valence-corrected chi connectivity index (χ1v) is 9.44. The second-order valence-corrected chi connectivity index (χ2v) is 7.87. The van der Waals surface area contributed by atoms with Crippen LogP contribution in [0.5, 0.6) is 0 Å². The van der Waals surface area contributed by atoms with Crippen molar-refractivity contribution in [1.29, 1.82) is 0 Å². The van der Waals surface area contributed by atoms with Crippen LogP contribution in [0.25, 0.3) is 10.9 Å². The predicted octanol–water partition coefficient (Wildman–Crippen LogP) is 2.62. The molecule has 152 valence electrons. The average Bonchev–Trinajstić information content (AvgIpc) is 3.43. The Balaban J connectivity index is 2.08. The van der Waals surface area contributed by atoms with Gasteiger partial charge in [-0.05, 0) is 32.1 Å². The number of β-amino-alcohol motifs (C(OH)–C–C–N with tert-alkyl or cyclic N) is 1. The molecule has 2 aliphatic rings. The summed E-state index contributed by atoms with van der Waals surface area (Å²) in [6.07, 6.45) is -1.98. The van der Waals surface area contributed by atoms with E-state index in [1.54, 1.807) is 4.90 Å². The summed E-state index contributed by atoms with van der Waals surface area (Å²) in [6, 6.07) is -0.193. The Hall–Kier alpha value is -2.29. The van der Waals surface area contributed by atoms with Crippen molar-refractivity contribution in [3.63, 3.8) is 0 Å². The van der Waals surface area contributed by atoms with E-state index >= 15 is 4.39 Å². The van der Waals surface area contributed by atoms with Gasteiger partial charge in [-0.15, -0.1) is 0 Å². The first kappa shape index (κ1) is 19.0.